The fourth-order valence-corrected chi connectivity index (χ4v) is 1.61. The van der Waals surface area contributed by atoms with Crippen LogP contribution in [-0.2, 0) is 6.54 Å². The van der Waals surface area contributed by atoms with Gasteiger partial charge in [0.05, 0.1) is 12.1 Å². The van der Waals surface area contributed by atoms with Gasteiger partial charge in [-0.05, 0) is 12.1 Å². The second-order valence-corrected chi connectivity index (χ2v) is 3.85. The number of nitrogen functional groups attached to an aromatic ring is 1. The van der Waals surface area contributed by atoms with Crippen molar-refractivity contribution in [3.63, 3.8) is 0 Å². The molecule has 0 amide bonds. The Kier molecular flexibility index (Phi) is 3.07. The number of anilines is 1. The number of aromatic nitrogens is 2. The lowest BCUT2D eigenvalue weighted by Gasteiger charge is -2.17. The van der Waals surface area contributed by atoms with E-state index in [0.29, 0.717) is 4.57 Å². The third-order valence-corrected chi connectivity index (χ3v) is 2.52. The van der Waals surface area contributed by atoms with Crippen LogP contribution in [0, 0.1) is 11.6 Å². The molecule has 0 spiro atoms. The third kappa shape index (κ3) is 2.20. The molecule has 0 aliphatic carbocycles. The Morgan fingerprint density at radius 3 is 2.47 bits per heavy atom. The fourth-order valence-electron chi connectivity index (χ4n) is 1.61. The molecule has 9 heteroatoms. The van der Waals surface area contributed by atoms with Crippen molar-refractivity contribution >= 4 is 17.0 Å². The van der Waals surface area contributed by atoms with Gasteiger partial charge in [0.15, 0.2) is 11.6 Å². The highest BCUT2D eigenvalue weighted by molar-refractivity contribution is 5.79. The van der Waals surface area contributed by atoms with Gasteiger partial charge in [0.25, 0.3) is 0 Å². The zero-order valence-corrected chi connectivity index (χ0v) is 9.18. The smallest absolute Gasteiger partial charge is 0.324 e. The van der Waals surface area contributed by atoms with Crippen LogP contribution in [-0.4, -0.2) is 21.9 Å². The van der Waals surface area contributed by atoms with E-state index in [1.807, 2.05) is 0 Å². The second kappa shape index (κ2) is 4.32. The topological polar surface area (TPSA) is 43.8 Å². The van der Waals surface area contributed by atoms with Crippen molar-refractivity contribution in [1.82, 2.24) is 9.55 Å². The highest BCUT2D eigenvalue weighted by atomic mass is 19.3. The number of imidazole rings is 1. The van der Waals surface area contributed by atoms with Gasteiger partial charge in [-0.2, -0.15) is 8.78 Å². The molecule has 1 aromatic carbocycles. The highest BCUT2D eigenvalue weighted by Crippen LogP contribution is 2.30. The molecule has 0 aliphatic rings. The number of halogens is 6. The molecule has 0 saturated heterocycles. The molecule has 0 fully saturated rings. The van der Waals surface area contributed by atoms with Crippen LogP contribution in [0.2, 0.25) is 0 Å². The monoisotopic (exact) mass is 283 g/mol. The Balaban J connectivity index is 2.60. The molecule has 2 aromatic rings. The number of nitrogens with zero attached hydrogens (tertiary/aromatic N) is 2. The molecule has 104 valence electrons. The van der Waals surface area contributed by atoms with Crippen LogP contribution in [0.4, 0.5) is 32.3 Å². The summed E-state index contributed by atoms with van der Waals surface area (Å²) in [7, 11) is 0. The normalized spacial score (nSPS) is 12.6. The first-order valence-corrected chi connectivity index (χ1v) is 4.99. The van der Waals surface area contributed by atoms with Crippen molar-refractivity contribution in [1.29, 1.82) is 0 Å². The third-order valence-electron chi connectivity index (χ3n) is 2.52. The van der Waals surface area contributed by atoms with E-state index in [4.69, 9.17) is 5.73 Å². The maximum Gasteiger partial charge on any atom is 0.324 e. The Bertz CT molecular complexity index is 621. The number of nitrogens with two attached hydrogens (primary N) is 1. The lowest BCUT2D eigenvalue weighted by atomic mass is 10.2. The van der Waals surface area contributed by atoms with Crippen LogP contribution in [0.25, 0.3) is 11.0 Å². The fraction of sp³-hybridized carbons (Fsp3) is 0.300. The predicted molar refractivity (Wildman–Crippen MR) is 55.0 cm³/mol. The van der Waals surface area contributed by atoms with E-state index in [0.717, 1.165) is 12.1 Å². The number of fused-ring (bicyclic) bond motifs is 1. The average molecular weight is 283 g/mol. The van der Waals surface area contributed by atoms with E-state index in [2.05, 4.69) is 4.98 Å². The molecule has 0 radical (unpaired) electrons. The van der Waals surface area contributed by atoms with Crippen LogP contribution in [0.1, 0.15) is 0 Å². The van der Waals surface area contributed by atoms with Gasteiger partial charge in [-0.3, -0.25) is 0 Å². The molecule has 1 aromatic heterocycles. The molecule has 0 unspecified atom stereocenters. The number of hydrogen-bond donors (Lipinski definition) is 1. The van der Waals surface area contributed by atoms with Crippen molar-refractivity contribution in [2.45, 2.75) is 18.9 Å². The maximum atomic E-state index is 13.5. The summed E-state index contributed by atoms with van der Waals surface area (Å²) >= 11 is 0. The SMILES string of the molecule is Nc1nc2ccc(F)c(F)c2n1CC(F)(F)C(F)F. The summed E-state index contributed by atoms with van der Waals surface area (Å²) in [5.41, 5.74) is 4.40. The molecule has 0 saturated carbocycles. The summed E-state index contributed by atoms with van der Waals surface area (Å²) in [5.74, 6) is -7.80. The quantitative estimate of drug-likeness (QED) is 0.880. The van der Waals surface area contributed by atoms with Crippen LogP contribution < -0.4 is 5.73 Å². The highest BCUT2D eigenvalue weighted by Gasteiger charge is 2.42. The van der Waals surface area contributed by atoms with E-state index in [-0.39, 0.29) is 5.52 Å². The van der Waals surface area contributed by atoms with Gasteiger partial charge in [-0.15, -0.1) is 0 Å². The minimum Gasteiger partial charge on any atom is -0.369 e. The average Bonchev–Trinajstić information content (AvgIpc) is 2.61. The summed E-state index contributed by atoms with van der Waals surface area (Å²) in [6.45, 7) is -1.59. The van der Waals surface area contributed by atoms with E-state index in [1.165, 1.54) is 0 Å². The Morgan fingerprint density at radius 1 is 1.26 bits per heavy atom. The number of benzene rings is 1. The summed E-state index contributed by atoms with van der Waals surface area (Å²) in [5, 5.41) is 0. The van der Waals surface area contributed by atoms with Crippen molar-refractivity contribution in [2.24, 2.45) is 0 Å². The molecule has 2 N–H and O–H groups in total. The van der Waals surface area contributed by atoms with Gasteiger partial charge >= 0.3 is 12.3 Å². The first-order valence-electron chi connectivity index (χ1n) is 4.99. The van der Waals surface area contributed by atoms with Gasteiger partial charge in [0.2, 0.25) is 5.95 Å². The molecule has 0 aliphatic heterocycles. The largest absolute Gasteiger partial charge is 0.369 e. The zero-order chi connectivity index (χ0) is 14.4. The number of hydrogen-bond acceptors (Lipinski definition) is 2. The van der Waals surface area contributed by atoms with E-state index < -0.39 is 42.0 Å². The Morgan fingerprint density at radius 2 is 1.89 bits per heavy atom. The summed E-state index contributed by atoms with van der Waals surface area (Å²) in [6.07, 6.45) is -3.96. The zero-order valence-electron chi connectivity index (χ0n) is 9.18. The van der Waals surface area contributed by atoms with Gasteiger partial charge in [0.1, 0.15) is 5.52 Å². The molecule has 3 nitrogen and oxygen atoms in total. The van der Waals surface area contributed by atoms with Crippen LogP contribution in [0.15, 0.2) is 12.1 Å². The van der Waals surface area contributed by atoms with E-state index in [1.54, 1.807) is 0 Å². The predicted octanol–water partition coefficient (Wildman–Crippen LogP) is 2.80. The first-order chi connectivity index (χ1) is 8.74. The van der Waals surface area contributed by atoms with Gasteiger partial charge in [0, 0.05) is 0 Å². The van der Waals surface area contributed by atoms with Crippen molar-refractivity contribution < 1.29 is 26.3 Å². The number of alkyl halides is 4. The lowest BCUT2D eigenvalue weighted by Crippen LogP contribution is -2.32. The lowest BCUT2D eigenvalue weighted by molar-refractivity contribution is -0.136. The van der Waals surface area contributed by atoms with Crippen molar-refractivity contribution in [3.8, 4) is 0 Å². The summed E-state index contributed by atoms with van der Waals surface area (Å²) in [6, 6.07) is 1.75. The summed E-state index contributed by atoms with van der Waals surface area (Å²) < 4.78 is 77.1. The summed E-state index contributed by atoms with van der Waals surface area (Å²) in [4.78, 5) is 3.51. The Labute approximate surface area is 102 Å². The van der Waals surface area contributed by atoms with Gasteiger partial charge in [-0.1, -0.05) is 0 Å². The van der Waals surface area contributed by atoms with Crippen LogP contribution >= 0.6 is 0 Å². The molecule has 2 rings (SSSR count). The molecule has 19 heavy (non-hydrogen) atoms. The minimum absolute atomic E-state index is 0.193. The van der Waals surface area contributed by atoms with E-state index in [9.17, 15) is 26.3 Å². The maximum absolute atomic E-state index is 13.5. The molecular formula is C10H7F6N3. The number of rotatable bonds is 3. The van der Waals surface area contributed by atoms with Crippen molar-refractivity contribution in [2.75, 3.05) is 5.73 Å². The van der Waals surface area contributed by atoms with Crippen LogP contribution in [0.5, 0.6) is 0 Å². The van der Waals surface area contributed by atoms with Crippen molar-refractivity contribution in [3.05, 3.63) is 23.8 Å². The molecule has 0 bridgehead atoms. The first kappa shape index (κ1) is 13.5. The van der Waals surface area contributed by atoms with Crippen LogP contribution in [0.3, 0.4) is 0 Å². The molecular weight excluding hydrogens is 276 g/mol. The van der Waals surface area contributed by atoms with Gasteiger partial charge in [-0.25, -0.2) is 22.5 Å². The molecule has 0 atom stereocenters. The molecule has 1 heterocycles. The van der Waals surface area contributed by atoms with E-state index >= 15 is 0 Å². The second-order valence-electron chi connectivity index (χ2n) is 3.85. The standard InChI is InChI=1S/C10H7F6N3/c11-4-1-2-5-7(6(4)12)19(9(17)18-5)3-10(15,16)8(13)14/h1-2,8H,3H2,(H2,17,18). The Hall–Kier alpha value is -1.93. The van der Waals surface area contributed by atoms with Gasteiger partial charge < -0.3 is 10.3 Å². The minimum atomic E-state index is -4.43.